The number of ether oxygens (including phenoxy) is 2. The van der Waals surface area contributed by atoms with Gasteiger partial charge in [-0.15, -0.1) is 0 Å². The molecule has 2 radical (unpaired) electrons. The Bertz CT molecular complexity index is 564. The number of allylic oxidation sites excluding steroid dienone is 2. The molecule has 0 aromatic carbocycles. The molecule has 0 aliphatic heterocycles. The molecule has 0 atom stereocenters. The summed E-state index contributed by atoms with van der Waals surface area (Å²) in [4.78, 5) is 46.4. The minimum Gasteiger partial charge on any atom is -0.0654 e. The quantitative estimate of drug-likeness (QED) is 0.0757. The number of carbonyl (C=O) groups is 4. The predicted molar refractivity (Wildman–Crippen MR) is 124 cm³/mol. The van der Waals surface area contributed by atoms with Gasteiger partial charge in [0.1, 0.15) is 0 Å². The predicted octanol–water partition coefficient (Wildman–Crippen LogP) is 5.22. The zero-order valence-electron chi connectivity index (χ0n) is 20.0. The summed E-state index contributed by atoms with van der Waals surface area (Å²) in [6.07, 6.45) is 16.7. The Morgan fingerprint density at radius 1 is 0.576 bits per heavy atom. The van der Waals surface area contributed by atoms with Crippen molar-refractivity contribution >= 4 is 49.0 Å². The van der Waals surface area contributed by atoms with Crippen molar-refractivity contribution in [3.63, 3.8) is 0 Å². The van der Waals surface area contributed by atoms with Crippen LogP contribution in [0.4, 0.5) is 0 Å². The molecule has 0 heterocycles. The number of hydrogen-bond acceptors (Lipinski definition) is 8. The van der Waals surface area contributed by atoms with Crippen LogP contribution in [0.5, 0.6) is 0 Å². The third-order valence-electron chi connectivity index (χ3n) is 4.42. The first kappa shape index (κ1) is 31.3. The van der Waals surface area contributed by atoms with Crippen molar-refractivity contribution in [2.75, 3.05) is 0 Å². The van der Waals surface area contributed by atoms with Gasteiger partial charge in [0.25, 0.3) is 0 Å². The molecule has 0 amide bonds. The fourth-order valence-electron chi connectivity index (χ4n) is 2.50. The van der Waals surface area contributed by atoms with Crippen LogP contribution in [0, 0.1) is 0 Å². The van der Waals surface area contributed by atoms with Crippen LogP contribution in [0.15, 0.2) is 24.7 Å². The van der Waals surface area contributed by atoms with E-state index < -0.39 is 49.0 Å². The zero-order chi connectivity index (χ0) is 24.6. The maximum atomic E-state index is 11.6. The Morgan fingerprint density at radius 3 is 1.36 bits per heavy atom. The zero-order valence-corrected chi connectivity index (χ0v) is 23.9. The van der Waals surface area contributed by atoms with E-state index in [9.17, 15) is 19.2 Å². The van der Waals surface area contributed by atoms with Crippen LogP contribution in [0.1, 0.15) is 104 Å². The average Bonchev–Trinajstić information content (AvgIpc) is 2.80. The average molecular weight is 662 g/mol. The van der Waals surface area contributed by atoms with E-state index in [1.165, 1.54) is 38.2 Å². The molecule has 0 unspecified atom stereocenters. The summed E-state index contributed by atoms with van der Waals surface area (Å²) in [7, 11) is 0. The molecule has 0 bridgehead atoms. The fourth-order valence-corrected chi connectivity index (χ4v) is 4.18. The molecule has 0 aromatic heterocycles. The first-order valence-corrected chi connectivity index (χ1v) is 15.0. The van der Waals surface area contributed by atoms with Crippen molar-refractivity contribution in [2.45, 2.75) is 104 Å². The summed E-state index contributed by atoms with van der Waals surface area (Å²) >= 11 is -2.38. The van der Waals surface area contributed by atoms with Crippen LogP contribution in [0.25, 0.3) is 0 Å². The number of hydrogen-bond donors (Lipinski definition) is 0. The van der Waals surface area contributed by atoms with Gasteiger partial charge in [0, 0.05) is 0 Å². The minimum atomic E-state index is -2.38. The Morgan fingerprint density at radius 2 is 0.970 bits per heavy atom. The van der Waals surface area contributed by atoms with Crippen LogP contribution in [-0.2, 0) is 34.0 Å². The third-order valence-corrected chi connectivity index (χ3v) is 6.84. The standard InChI is InChI=1S/2C12H20O4.Pb/c2*1-2-3-4-5-6-7-10-16-12(15)9-8-11(13)14;/h2*7,10H,2-6,8-9H2,1H3,(H,13,14);/q;;+2/p-2. The van der Waals surface area contributed by atoms with E-state index in [2.05, 4.69) is 13.8 Å². The molecule has 186 valence electrons. The Balaban J connectivity index is 3.70. The fraction of sp³-hybridized carbons (Fsp3) is 0.667. The van der Waals surface area contributed by atoms with Crippen LogP contribution in [0.3, 0.4) is 0 Å². The van der Waals surface area contributed by atoms with E-state index in [0.29, 0.717) is 0 Å². The third kappa shape index (κ3) is 23.2. The molecule has 0 fully saturated rings. The van der Waals surface area contributed by atoms with Gasteiger partial charge in [-0.3, -0.25) is 0 Å². The molecule has 0 N–H and O–H groups in total. The van der Waals surface area contributed by atoms with Crippen molar-refractivity contribution < 1.29 is 34.0 Å². The normalized spacial score (nSPS) is 11.0. The molecule has 0 spiro atoms. The van der Waals surface area contributed by atoms with Gasteiger partial charge >= 0.3 is 185 Å². The Labute approximate surface area is 211 Å². The van der Waals surface area contributed by atoms with Gasteiger partial charge in [0.05, 0.1) is 0 Å². The van der Waals surface area contributed by atoms with Crippen molar-refractivity contribution in [3.05, 3.63) is 24.7 Å². The van der Waals surface area contributed by atoms with Crippen molar-refractivity contribution in [1.82, 2.24) is 0 Å². The maximum absolute atomic E-state index is 11.6. The number of esters is 2. The van der Waals surface area contributed by atoms with Gasteiger partial charge in [0.2, 0.25) is 0 Å². The van der Waals surface area contributed by atoms with Crippen LogP contribution in [-0.4, -0.2) is 49.0 Å². The van der Waals surface area contributed by atoms with Crippen molar-refractivity contribution in [3.8, 4) is 0 Å². The van der Waals surface area contributed by atoms with Gasteiger partial charge in [-0.25, -0.2) is 0 Å². The van der Waals surface area contributed by atoms with Gasteiger partial charge in [0.15, 0.2) is 0 Å². The minimum absolute atomic E-state index is 0.103. The summed E-state index contributed by atoms with van der Waals surface area (Å²) in [5.41, 5.74) is 0. The molecule has 0 aliphatic rings. The van der Waals surface area contributed by atoms with Crippen molar-refractivity contribution in [1.29, 1.82) is 0 Å². The number of unbranched alkanes of at least 4 members (excludes halogenated alkanes) is 8. The second kappa shape index (κ2) is 23.4. The van der Waals surface area contributed by atoms with E-state index in [-0.39, 0.29) is 25.7 Å². The van der Waals surface area contributed by atoms with Gasteiger partial charge in [-0.1, -0.05) is 26.7 Å². The van der Waals surface area contributed by atoms with Crippen molar-refractivity contribution in [2.24, 2.45) is 0 Å². The molecular weight excluding hydrogens is 623 g/mol. The van der Waals surface area contributed by atoms with E-state index in [4.69, 9.17) is 14.8 Å². The SMILES string of the molecule is CCCCCCC=COC(=O)CCC(=O)[O][Pb][O]C(=O)CCC(=O)OC=CCCCCCC. The van der Waals surface area contributed by atoms with Crippen LogP contribution in [0.2, 0.25) is 0 Å². The van der Waals surface area contributed by atoms with E-state index in [1.54, 1.807) is 12.2 Å². The summed E-state index contributed by atoms with van der Waals surface area (Å²) in [6, 6.07) is 0. The second-order valence-corrected chi connectivity index (χ2v) is 9.69. The monoisotopic (exact) mass is 662 g/mol. The van der Waals surface area contributed by atoms with Crippen LogP contribution < -0.4 is 0 Å². The van der Waals surface area contributed by atoms with E-state index >= 15 is 0 Å². The molecule has 33 heavy (non-hydrogen) atoms. The molecule has 0 saturated heterocycles. The van der Waals surface area contributed by atoms with Gasteiger partial charge in [-0.05, 0) is 0 Å². The summed E-state index contributed by atoms with van der Waals surface area (Å²) in [5, 5.41) is 0. The van der Waals surface area contributed by atoms with Crippen LogP contribution >= 0.6 is 0 Å². The van der Waals surface area contributed by atoms with Gasteiger partial charge in [-0.2, -0.15) is 0 Å². The smallest absolute Gasteiger partial charge is 0.0654 e. The van der Waals surface area contributed by atoms with Gasteiger partial charge < -0.3 is 0 Å². The topological polar surface area (TPSA) is 105 Å². The molecule has 8 nitrogen and oxygen atoms in total. The molecule has 9 heteroatoms. The number of rotatable bonds is 20. The second-order valence-electron chi connectivity index (χ2n) is 7.45. The van der Waals surface area contributed by atoms with E-state index in [0.717, 1.165) is 38.5 Å². The first-order chi connectivity index (χ1) is 16.0. The molecule has 0 rings (SSSR count). The summed E-state index contributed by atoms with van der Waals surface area (Å²) in [5.74, 6) is -2.24. The molecule has 0 aliphatic carbocycles. The molecule has 0 aromatic rings. The van der Waals surface area contributed by atoms with E-state index in [1.807, 2.05) is 0 Å². The summed E-state index contributed by atoms with van der Waals surface area (Å²) in [6.45, 7) is 4.29. The molecule has 0 saturated carbocycles. The number of carbonyl (C=O) groups excluding carboxylic acids is 4. The molecular formula is C24H38O8Pb. The first-order valence-electron chi connectivity index (χ1n) is 11.8. The Hall–Kier alpha value is -1.72. The summed E-state index contributed by atoms with van der Waals surface area (Å²) < 4.78 is 19.7. The Kier molecular flexibility index (Phi) is 22.2.